The summed E-state index contributed by atoms with van der Waals surface area (Å²) in [5.74, 6) is 0.620. The fourth-order valence-corrected chi connectivity index (χ4v) is 6.46. The Labute approximate surface area is 173 Å². The molecule has 0 unspecified atom stereocenters. The summed E-state index contributed by atoms with van der Waals surface area (Å²) >= 11 is 1.81. The molecule has 2 aromatic rings. The van der Waals surface area contributed by atoms with Gasteiger partial charge in [0.05, 0.1) is 5.92 Å². The molecule has 150 valence electrons. The van der Waals surface area contributed by atoms with E-state index in [4.69, 9.17) is 0 Å². The Balaban J connectivity index is 1.59. The van der Waals surface area contributed by atoms with E-state index in [2.05, 4.69) is 10.2 Å². The molecule has 2 saturated heterocycles. The highest BCUT2D eigenvalue weighted by atomic mass is 32.2. The molecule has 1 spiro atoms. The van der Waals surface area contributed by atoms with Gasteiger partial charge in [-0.25, -0.2) is 4.39 Å². The van der Waals surface area contributed by atoms with Crippen LogP contribution in [0.2, 0.25) is 0 Å². The first-order chi connectivity index (χ1) is 14.1. The summed E-state index contributed by atoms with van der Waals surface area (Å²) < 4.78 is 13.2. The number of carbonyl (C=O) groups excluding carboxylic acids is 2. The van der Waals surface area contributed by atoms with Gasteiger partial charge in [-0.15, -0.1) is 11.8 Å². The molecule has 29 heavy (non-hydrogen) atoms. The van der Waals surface area contributed by atoms with E-state index in [0.717, 1.165) is 22.9 Å². The monoisotopic (exact) mass is 411 g/mol. The SMILES string of the molecule is CCN1C(=O)[C@]2(c3ccccc31)[C@@H](C(=O)Nc1ccc(F)cc1)C[C@@H]1CSCN12. The third-order valence-corrected chi connectivity index (χ3v) is 7.45. The van der Waals surface area contributed by atoms with Gasteiger partial charge in [0.2, 0.25) is 5.91 Å². The third kappa shape index (κ3) is 2.57. The molecule has 0 bridgehead atoms. The Hall–Kier alpha value is -2.38. The summed E-state index contributed by atoms with van der Waals surface area (Å²) in [5.41, 5.74) is 1.40. The molecule has 0 aromatic heterocycles. The van der Waals surface area contributed by atoms with Crippen LogP contribution in [-0.2, 0) is 15.1 Å². The van der Waals surface area contributed by atoms with Crippen molar-refractivity contribution in [3.8, 4) is 0 Å². The van der Waals surface area contributed by atoms with Gasteiger partial charge in [0.25, 0.3) is 5.91 Å². The normalized spacial score (nSPS) is 28.1. The zero-order valence-corrected chi connectivity index (χ0v) is 16.9. The predicted octanol–water partition coefficient (Wildman–Crippen LogP) is 3.42. The number of benzene rings is 2. The van der Waals surface area contributed by atoms with Crippen molar-refractivity contribution in [2.45, 2.75) is 24.9 Å². The number of thioether (sulfide) groups is 1. The smallest absolute Gasteiger partial charge is 0.253 e. The zero-order chi connectivity index (χ0) is 20.2. The fraction of sp³-hybridized carbons (Fsp3) is 0.364. The Morgan fingerprint density at radius 2 is 2.00 bits per heavy atom. The Morgan fingerprint density at radius 1 is 1.24 bits per heavy atom. The van der Waals surface area contributed by atoms with Crippen LogP contribution in [0.4, 0.5) is 15.8 Å². The average Bonchev–Trinajstić information content (AvgIpc) is 3.37. The number of hydrogen-bond acceptors (Lipinski definition) is 4. The molecule has 0 saturated carbocycles. The van der Waals surface area contributed by atoms with Crippen LogP contribution in [0.25, 0.3) is 0 Å². The van der Waals surface area contributed by atoms with Crippen molar-refractivity contribution in [2.75, 3.05) is 28.4 Å². The standard InChI is InChI=1S/C22H22FN3O2S/c1-2-25-19-6-4-3-5-17(19)22(21(25)28)18(11-16-12-29-13-26(16)22)20(27)24-15-9-7-14(23)8-10-15/h3-10,16,18H,2,11-13H2,1H3,(H,24,27)/t16-,18-,22+/m1/s1. The van der Waals surface area contributed by atoms with Crippen molar-refractivity contribution in [1.82, 2.24) is 4.90 Å². The molecular formula is C22H22FN3O2S. The number of hydrogen-bond donors (Lipinski definition) is 1. The molecule has 3 atom stereocenters. The number of nitrogens with zero attached hydrogens (tertiary/aromatic N) is 2. The van der Waals surface area contributed by atoms with Gasteiger partial charge in [-0.3, -0.25) is 14.5 Å². The molecule has 3 aliphatic heterocycles. The quantitative estimate of drug-likeness (QED) is 0.841. The highest BCUT2D eigenvalue weighted by Gasteiger charge is 2.67. The topological polar surface area (TPSA) is 52.7 Å². The van der Waals surface area contributed by atoms with Crippen LogP contribution >= 0.6 is 11.8 Å². The number of para-hydroxylation sites is 1. The van der Waals surface area contributed by atoms with E-state index in [1.54, 1.807) is 17.0 Å². The zero-order valence-electron chi connectivity index (χ0n) is 16.1. The lowest BCUT2D eigenvalue weighted by molar-refractivity contribution is -0.136. The van der Waals surface area contributed by atoms with Crippen LogP contribution in [0, 0.1) is 11.7 Å². The minimum absolute atomic E-state index is 0.00884. The first-order valence-corrected chi connectivity index (χ1v) is 11.0. The summed E-state index contributed by atoms with van der Waals surface area (Å²) in [5, 5.41) is 2.93. The second kappa shape index (κ2) is 6.85. The number of likely N-dealkylation sites (N-methyl/N-ethyl adjacent to an activating group) is 1. The van der Waals surface area contributed by atoms with Crippen LogP contribution in [0.1, 0.15) is 18.9 Å². The third-order valence-electron chi connectivity index (χ3n) is 6.37. The van der Waals surface area contributed by atoms with E-state index in [-0.39, 0.29) is 23.7 Å². The molecule has 0 aliphatic carbocycles. The highest BCUT2D eigenvalue weighted by Crippen LogP contribution is 2.57. The molecule has 2 fully saturated rings. The van der Waals surface area contributed by atoms with Crippen molar-refractivity contribution in [2.24, 2.45) is 5.92 Å². The lowest BCUT2D eigenvalue weighted by Gasteiger charge is -2.36. The predicted molar refractivity (Wildman–Crippen MR) is 112 cm³/mol. The highest BCUT2D eigenvalue weighted by molar-refractivity contribution is 7.99. The average molecular weight is 412 g/mol. The number of carbonyl (C=O) groups is 2. The molecule has 3 aliphatic rings. The minimum atomic E-state index is -0.967. The number of nitrogens with one attached hydrogen (secondary N) is 1. The van der Waals surface area contributed by atoms with Crippen LogP contribution in [0.15, 0.2) is 48.5 Å². The Kier molecular flexibility index (Phi) is 4.40. The number of rotatable bonds is 3. The largest absolute Gasteiger partial charge is 0.326 e. The van der Waals surface area contributed by atoms with E-state index in [1.165, 1.54) is 12.1 Å². The Bertz CT molecular complexity index is 982. The maximum atomic E-state index is 13.8. The van der Waals surface area contributed by atoms with E-state index in [1.807, 2.05) is 43.0 Å². The number of fused-ring (bicyclic) bond motifs is 4. The van der Waals surface area contributed by atoms with E-state index in [0.29, 0.717) is 18.7 Å². The summed E-state index contributed by atoms with van der Waals surface area (Å²) in [7, 11) is 0. The summed E-state index contributed by atoms with van der Waals surface area (Å²) in [6, 6.07) is 13.8. The number of amides is 2. The number of halogens is 1. The van der Waals surface area contributed by atoms with Crippen LogP contribution in [0.5, 0.6) is 0 Å². The van der Waals surface area contributed by atoms with Gasteiger partial charge in [-0.05, 0) is 43.7 Å². The van der Waals surface area contributed by atoms with Crippen molar-refractivity contribution < 1.29 is 14.0 Å². The second-order valence-corrected chi connectivity index (χ2v) is 8.74. The first-order valence-electron chi connectivity index (χ1n) is 9.89. The van der Waals surface area contributed by atoms with Crippen LogP contribution in [-0.4, -0.2) is 40.9 Å². The fourth-order valence-electron chi connectivity index (χ4n) is 5.16. The number of anilines is 2. The molecule has 7 heteroatoms. The molecule has 2 aromatic carbocycles. The molecule has 5 nitrogen and oxygen atoms in total. The molecule has 0 radical (unpaired) electrons. The van der Waals surface area contributed by atoms with Crippen molar-refractivity contribution in [3.05, 3.63) is 59.9 Å². The van der Waals surface area contributed by atoms with Crippen molar-refractivity contribution >= 4 is 35.0 Å². The first kappa shape index (κ1) is 18.6. The maximum absolute atomic E-state index is 13.8. The van der Waals surface area contributed by atoms with Crippen molar-refractivity contribution in [1.29, 1.82) is 0 Å². The molecule has 2 amide bonds. The summed E-state index contributed by atoms with van der Waals surface area (Å²) in [6.07, 6.45) is 0.637. The van der Waals surface area contributed by atoms with Gasteiger partial charge >= 0.3 is 0 Å². The van der Waals surface area contributed by atoms with Gasteiger partial charge in [-0.1, -0.05) is 18.2 Å². The lowest BCUT2D eigenvalue weighted by atomic mass is 9.79. The second-order valence-electron chi connectivity index (χ2n) is 7.74. The van der Waals surface area contributed by atoms with Gasteiger partial charge in [0, 0.05) is 41.2 Å². The van der Waals surface area contributed by atoms with Gasteiger partial charge < -0.3 is 10.2 Å². The van der Waals surface area contributed by atoms with Gasteiger partial charge in [-0.2, -0.15) is 0 Å². The van der Waals surface area contributed by atoms with Crippen LogP contribution < -0.4 is 10.2 Å². The molecule has 5 rings (SSSR count). The van der Waals surface area contributed by atoms with E-state index >= 15 is 0 Å². The van der Waals surface area contributed by atoms with Gasteiger partial charge in [0.1, 0.15) is 11.4 Å². The van der Waals surface area contributed by atoms with Gasteiger partial charge in [0.15, 0.2) is 0 Å². The summed E-state index contributed by atoms with van der Waals surface area (Å²) in [6.45, 7) is 2.53. The van der Waals surface area contributed by atoms with Crippen LogP contribution in [0.3, 0.4) is 0 Å². The van der Waals surface area contributed by atoms with Crippen molar-refractivity contribution in [3.63, 3.8) is 0 Å². The summed E-state index contributed by atoms with van der Waals surface area (Å²) in [4.78, 5) is 31.3. The molecule has 3 heterocycles. The minimum Gasteiger partial charge on any atom is -0.326 e. The lowest BCUT2D eigenvalue weighted by Crippen LogP contribution is -2.55. The van der Waals surface area contributed by atoms with E-state index in [9.17, 15) is 14.0 Å². The van der Waals surface area contributed by atoms with E-state index < -0.39 is 11.5 Å². The molecule has 1 N–H and O–H groups in total. The molecular weight excluding hydrogens is 389 g/mol. The Morgan fingerprint density at radius 3 is 2.76 bits per heavy atom. The maximum Gasteiger partial charge on any atom is 0.253 e.